The number of aromatic nitrogens is 2. The van der Waals surface area contributed by atoms with Crippen LogP contribution < -0.4 is 4.74 Å². The number of hydrogen-bond donors (Lipinski definition) is 0. The Hall–Kier alpha value is -1.42. The Morgan fingerprint density at radius 1 is 1.11 bits per heavy atom. The van der Waals surface area contributed by atoms with E-state index in [0.29, 0.717) is 5.88 Å². The highest BCUT2D eigenvalue weighted by atomic mass is 79.9. The average Bonchev–Trinajstić information content (AvgIpc) is 2.32. The van der Waals surface area contributed by atoms with Crippen LogP contribution in [-0.2, 0) is 0 Å². The van der Waals surface area contributed by atoms with Crippen LogP contribution >= 0.6 is 15.9 Å². The first-order valence-electron chi connectivity index (χ1n) is 6.25. The summed E-state index contributed by atoms with van der Waals surface area (Å²) in [5.74, 6) is 2.51. The zero-order valence-corrected chi connectivity index (χ0v) is 13.2. The zero-order chi connectivity index (χ0) is 14.0. The molecule has 100 valence electrons. The first kappa shape index (κ1) is 14.0. The fourth-order valence-corrected chi connectivity index (χ4v) is 2.19. The molecule has 0 amide bonds. The maximum absolute atomic E-state index is 5.86. The van der Waals surface area contributed by atoms with Gasteiger partial charge < -0.3 is 4.74 Å². The van der Waals surface area contributed by atoms with E-state index in [0.717, 1.165) is 27.3 Å². The van der Waals surface area contributed by atoms with Crippen LogP contribution in [0.4, 0.5) is 0 Å². The number of benzene rings is 1. The highest BCUT2D eigenvalue weighted by Crippen LogP contribution is 2.27. The van der Waals surface area contributed by atoms with Crippen LogP contribution in [0.5, 0.6) is 11.6 Å². The van der Waals surface area contributed by atoms with Crippen molar-refractivity contribution in [2.45, 2.75) is 33.6 Å². The van der Waals surface area contributed by atoms with Gasteiger partial charge in [0.25, 0.3) is 0 Å². The van der Waals surface area contributed by atoms with Gasteiger partial charge in [0, 0.05) is 22.2 Å². The van der Waals surface area contributed by atoms with E-state index in [2.05, 4.69) is 39.7 Å². The first-order chi connectivity index (χ1) is 8.95. The third-order valence-corrected chi connectivity index (χ3v) is 3.21. The molecule has 0 saturated heterocycles. The number of aryl methyl sites for hydroxylation is 2. The van der Waals surface area contributed by atoms with Gasteiger partial charge >= 0.3 is 0 Å². The Balaban J connectivity index is 2.32. The molecule has 0 radical (unpaired) electrons. The molecule has 0 aliphatic carbocycles. The van der Waals surface area contributed by atoms with E-state index in [9.17, 15) is 0 Å². The lowest BCUT2D eigenvalue weighted by atomic mass is 10.2. The molecule has 0 aliphatic heterocycles. The van der Waals surface area contributed by atoms with Crippen molar-refractivity contribution in [3.8, 4) is 11.6 Å². The monoisotopic (exact) mass is 320 g/mol. The Labute approximate surface area is 122 Å². The Bertz CT molecular complexity index is 597. The van der Waals surface area contributed by atoms with Gasteiger partial charge in [-0.25, -0.2) is 4.98 Å². The van der Waals surface area contributed by atoms with Crippen LogP contribution in [0.15, 0.2) is 28.7 Å². The topological polar surface area (TPSA) is 35.0 Å². The van der Waals surface area contributed by atoms with Crippen molar-refractivity contribution < 1.29 is 4.74 Å². The lowest BCUT2D eigenvalue weighted by molar-refractivity contribution is 0.452. The molecule has 0 spiro atoms. The third kappa shape index (κ3) is 3.53. The van der Waals surface area contributed by atoms with E-state index < -0.39 is 0 Å². The van der Waals surface area contributed by atoms with E-state index in [-0.39, 0.29) is 5.92 Å². The van der Waals surface area contributed by atoms with Gasteiger partial charge in [-0.3, -0.25) is 0 Å². The zero-order valence-electron chi connectivity index (χ0n) is 11.6. The molecule has 0 aliphatic rings. The lowest BCUT2D eigenvalue weighted by Crippen LogP contribution is -2.01. The normalized spacial score (nSPS) is 10.8. The molecule has 0 N–H and O–H groups in total. The van der Waals surface area contributed by atoms with E-state index in [1.54, 1.807) is 0 Å². The Morgan fingerprint density at radius 3 is 2.47 bits per heavy atom. The summed E-state index contributed by atoms with van der Waals surface area (Å²) in [5, 5.41) is 0. The van der Waals surface area contributed by atoms with Crippen molar-refractivity contribution in [1.29, 1.82) is 0 Å². The number of halogens is 1. The molecule has 1 heterocycles. The number of hydrogen-bond acceptors (Lipinski definition) is 3. The minimum atomic E-state index is 0.285. The predicted octanol–water partition coefficient (Wildman–Crippen LogP) is 4.77. The van der Waals surface area contributed by atoms with Crippen LogP contribution in [0.3, 0.4) is 0 Å². The van der Waals surface area contributed by atoms with E-state index in [1.165, 1.54) is 0 Å². The average molecular weight is 321 g/mol. The van der Waals surface area contributed by atoms with Gasteiger partial charge in [0.05, 0.1) is 0 Å². The largest absolute Gasteiger partial charge is 0.439 e. The van der Waals surface area contributed by atoms with Crippen molar-refractivity contribution in [1.82, 2.24) is 9.97 Å². The van der Waals surface area contributed by atoms with Crippen LogP contribution in [0, 0.1) is 13.8 Å². The molecule has 0 unspecified atom stereocenters. The van der Waals surface area contributed by atoms with Gasteiger partial charge in [0.15, 0.2) is 0 Å². The van der Waals surface area contributed by atoms with Crippen LogP contribution in [-0.4, -0.2) is 9.97 Å². The van der Waals surface area contributed by atoms with Crippen LogP contribution in [0.1, 0.15) is 36.8 Å². The number of rotatable bonds is 3. The molecule has 4 heteroatoms. The SMILES string of the molecule is Cc1cc(Oc2ccc(Br)cc2C)nc(C(C)C)n1. The minimum Gasteiger partial charge on any atom is -0.439 e. The summed E-state index contributed by atoms with van der Waals surface area (Å²) >= 11 is 3.44. The maximum atomic E-state index is 5.86. The summed E-state index contributed by atoms with van der Waals surface area (Å²) in [5.41, 5.74) is 1.99. The Kier molecular flexibility index (Phi) is 4.20. The predicted molar refractivity (Wildman–Crippen MR) is 79.8 cm³/mol. The fraction of sp³-hybridized carbons (Fsp3) is 0.333. The second kappa shape index (κ2) is 5.70. The number of nitrogens with zero attached hydrogens (tertiary/aromatic N) is 2. The second-order valence-electron chi connectivity index (χ2n) is 4.87. The maximum Gasteiger partial charge on any atom is 0.222 e. The molecule has 0 atom stereocenters. The summed E-state index contributed by atoms with van der Waals surface area (Å²) < 4.78 is 6.90. The van der Waals surface area contributed by atoms with E-state index in [4.69, 9.17) is 4.74 Å². The highest BCUT2D eigenvalue weighted by molar-refractivity contribution is 9.10. The standard InChI is InChI=1S/C15H17BrN2O/c1-9(2)15-17-11(4)8-14(18-15)19-13-6-5-12(16)7-10(13)3/h5-9H,1-4H3. The third-order valence-electron chi connectivity index (χ3n) is 2.72. The molecule has 1 aromatic carbocycles. The van der Waals surface area contributed by atoms with Crippen molar-refractivity contribution in [3.63, 3.8) is 0 Å². The molecule has 0 fully saturated rings. The fourth-order valence-electron chi connectivity index (χ4n) is 1.71. The van der Waals surface area contributed by atoms with E-state index in [1.807, 2.05) is 38.1 Å². The molecular weight excluding hydrogens is 304 g/mol. The first-order valence-corrected chi connectivity index (χ1v) is 7.04. The molecule has 0 saturated carbocycles. The van der Waals surface area contributed by atoms with Crippen molar-refractivity contribution in [2.75, 3.05) is 0 Å². The lowest BCUT2D eigenvalue weighted by Gasteiger charge is -2.11. The molecule has 1 aromatic heterocycles. The molecular formula is C15H17BrN2O. The van der Waals surface area contributed by atoms with Gasteiger partial charge in [-0.1, -0.05) is 29.8 Å². The number of ether oxygens (including phenoxy) is 1. The van der Waals surface area contributed by atoms with Gasteiger partial charge in [-0.2, -0.15) is 4.98 Å². The molecule has 2 rings (SSSR count). The van der Waals surface area contributed by atoms with Crippen LogP contribution in [0.25, 0.3) is 0 Å². The quantitative estimate of drug-likeness (QED) is 0.816. The summed E-state index contributed by atoms with van der Waals surface area (Å²) in [6, 6.07) is 7.77. The summed E-state index contributed by atoms with van der Waals surface area (Å²) in [6.45, 7) is 8.11. The summed E-state index contributed by atoms with van der Waals surface area (Å²) in [7, 11) is 0. The smallest absolute Gasteiger partial charge is 0.222 e. The van der Waals surface area contributed by atoms with Crippen molar-refractivity contribution in [2.24, 2.45) is 0 Å². The minimum absolute atomic E-state index is 0.285. The van der Waals surface area contributed by atoms with E-state index >= 15 is 0 Å². The molecule has 2 aromatic rings. The van der Waals surface area contributed by atoms with Crippen molar-refractivity contribution in [3.05, 3.63) is 45.8 Å². The van der Waals surface area contributed by atoms with Gasteiger partial charge in [0.1, 0.15) is 11.6 Å². The van der Waals surface area contributed by atoms with Gasteiger partial charge in [-0.05, 0) is 37.6 Å². The second-order valence-corrected chi connectivity index (χ2v) is 5.79. The molecule has 19 heavy (non-hydrogen) atoms. The van der Waals surface area contributed by atoms with Gasteiger partial charge in [-0.15, -0.1) is 0 Å². The summed E-state index contributed by atoms with van der Waals surface area (Å²) in [4.78, 5) is 8.86. The van der Waals surface area contributed by atoms with Crippen LogP contribution in [0.2, 0.25) is 0 Å². The Morgan fingerprint density at radius 2 is 1.84 bits per heavy atom. The van der Waals surface area contributed by atoms with Gasteiger partial charge in [0.2, 0.25) is 5.88 Å². The molecule has 3 nitrogen and oxygen atoms in total. The molecule has 0 bridgehead atoms. The van der Waals surface area contributed by atoms with Crippen molar-refractivity contribution >= 4 is 15.9 Å². The summed E-state index contributed by atoms with van der Waals surface area (Å²) in [6.07, 6.45) is 0. The highest BCUT2D eigenvalue weighted by Gasteiger charge is 2.09.